The molecule has 0 aliphatic rings. The van der Waals surface area contributed by atoms with Crippen molar-refractivity contribution >= 4 is 11.6 Å². The summed E-state index contributed by atoms with van der Waals surface area (Å²) in [5, 5.41) is 19.6. The maximum Gasteiger partial charge on any atom is 0.231 e. The number of unbranched alkanes of at least 4 members (excludes halogenated alkanes) is 8. The van der Waals surface area contributed by atoms with E-state index in [2.05, 4.69) is 13.8 Å². The van der Waals surface area contributed by atoms with Crippen LogP contribution in [0.5, 0.6) is 0 Å². The Morgan fingerprint density at radius 2 is 1.18 bits per heavy atom. The Morgan fingerprint density at radius 3 is 1.68 bits per heavy atom. The van der Waals surface area contributed by atoms with Crippen LogP contribution in [0.15, 0.2) is 0 Å². The van der Waals surface area contributed by atoms with Crippen molar-refractivity contribution in [3.63, 3.8) is 0 Å². The van der Waals surface area contributed by atoms with E-state index in [1.165, 1.54) is 0 Å². The molecule has 130 valence electrons. The number of hydrogen-bond donors (Lipinski definition) is 2. The fraction of sp³-hybridized carbons (Fsp3) is 0.889. The van der Waals surface area contributed by atoms with Crippen LogP contribution in [0.1, 0.15) is 97.3 Å². The summed E-state index contributed by atoms with van der Waals surface area (Å²) in [5.41, 5.74) is 0. The molecule has 0 heterocycles. The Labute approximate surface area is 135 Å². The average Bonchev–Trinajstić information content (AvgIpc) is 2.46. The molecule has 4 nitrogen and oxygen atoms in total. The molecule has 0 rings (SSSR count). The monoisotopic (exact) mass is 314 g/mol. The summed E-state index contributed by atoms with van der Waals surface area (Å²) in [6, 6.07) is 0. The van der Waals surface area contributed by atoms with E-state index in [0.29, 0.717) is 12.8 Å². The minimum Gasteiger partial charge on any atom is -0.359 e. The van der Waals surface area contributed by atoms with Crippen molar-refractivity contribution < 1.29 is 19.8 Å². The van der Waals surface area contributed by atoms with Crippen LogP contribution in [-0.2, 0) is 9.59 Å². The number of Topliss-reactive ketones (excluding diaryl/α,β-unsaturated/α-hetero) is 2. The summed E-state index contributed by atoms with van der Waals surface area (Å²) in [4.78, 5) is 23.5. The quantitative estimate of drug-likeness (QED) is 0.355. The van der Waals surface area contributed by atoms with E-state index in [1.54, 1.807) is 0 Å². The van der Waals surface area contributed by atoms with Crippen LogP contribution >= 0.6 is 0 Å². The van der Waals surface area contributed by atoms with Gasteiger partial charge in [-0.1, -0.05) is 65.2 Å². The fourth-order valence-corrected chi connectivity index (χ4v) is 2.48. The van der Waals surface area contributed by atoms with Crippen LogP contribution in [0, 0.1) is 0 Å². The van der Waals surface area contributed by atoms with Gasteiger partial charge in [0.2, 0.25) is 5.79 Å². The van der Waals surface area contributed by atoms with Crippen molar-refractivity contribution in [3.8, 4) is 0 Å². The van der Waals surface area contributed by atoms with E-state index in [9.17, 15) is 19.8 Å². The van der Waals surface area contributed by atoms with Crippen molar-refractivity contribution in [2.24, 2.45) is 0 Å². The first kappa shape index (κ1) is 21.3. The van der Waals surface area contributed by atoms with Gasteiger partial charge in [-0.2, -0.15) is 0 Å². The van der Waals surface area contributed by atoms with Crippen LogP contribution in [0.3, 0.4) is 0 Å². The molecule has 4 heteroatoms. The molecule has 0 aromatic carbocycles. The molecule has 2 N–H and O–H groups in total. The van der Waals surface area contributed by atoms with Gasteiger partial charge >= 0.3 is 0 Å². The van der Waals surface area contributed by atoms with Gasteiger partial charge in [0.05, 0.1) is 6.42 Å². The lowest BCUT2D eigenvalue weighted by Crippen LogP contribution is -2.40. The van der Waals surface area contributed by atoms with Gasteiger partial charge < -0.3 is 10.2 Å². The largest absolute Gasteiger partial charge is 0.359 e. The van der Waals surface area contributed by atoms with Gasteiger partial charge in [0, 0.05) is 12.8 Å². The van der Waals surface area contributed by atoms with Crippen molar-refractivity contribution in [2.75, 3.05) is 0 Å². The van der Waals surface area contributed by atoms with Gasteiger partial charge in [0.15, 0.2) is 5.78 Å². The van der Waals surface area contributed by atoms with E-state index >= 15 is 0 Å². The number of rotatable bonds is 15. The van der Waals surface area contributed by atoms with E-state index in [1.807, 2.05) is 0 Å². The summed E-state index contributed by atoms with van der Waals surface area (Å²) >= 11 is 0. The van der Waals surface area contributed by atoms with Gasteiger partial charge in [-0.3, -0.25) is 9.59 Å². The lowest BCUT2D eigenvalue weighted by atomic mass is 9.97. The molecule has 0 aromatic heterocycles. The van der Waals surface area contributed by atoms with Crippen LogP contribution in [0.2, 0.25) is 0 Å². The molecule has 0 saturated heterocycles. The Morgan fingerprint density at radius 1 is 0.727 bits per heavy atom. The fourth-order valence-electron chi connectivity index (χ4n) is 2.48. The number of carbonyl (C=O) groups excluding carboxylic acids is 2. The predicted octanol–water partition coefficient (Wildman–Crippen LogP) is 3.92. The van der Waals surface area contributed by atoms with Crippen molar-refractivity contribution in [2.45, 2.75) is 103 Å². The summed E-state index contributed by atoms with van der Waals surface area (Å²) < 4.78 is 0. The average molecular weight is 314 g/mol. The molecule has 22 heavy (non-hydrogen) atoms. The highest BCUT2D eigenvalue weighted by Gasteiger charge is 2.34. The van der Waals surface area contributed by atoms with E-state index < -0.39 is 18.0 Å². The molecule has 0 radical (unpaired) electrons. The maximum atomic E-state index is 11.8. The SMILES string of the molecule is CCCCCCCC(=O)CC(O)(O)C(=O)CCCCCCC. The summed E-state index contributed by atoms with van der Waals surface area (Å²) in [6.07, 6.45) is 10.1. The lowest BCUT2D eigenvalue weighted by Gasteiger charge is -2.19. The molecule has 0 fully saturated rings. The van der Waals surface area contributed by atoms with Crippen molar-refractivity contribution in [1.82, 2.24) is 0 Å². The first-order valence-electron chi connectivity index (χ1n) is 8.93. The van der Waals surface area contributed by atoms with Crippen molar-refractivity contribution in [3.05, 3.63) is 0 Å². The Bertz CT molecular complexity index is 310. The third-order valence-electron chi connectivity index (χ3n) is 3.96. The molecule has 0 aliphatic carbocycles. The molecular weight excluding hydrogens is 280 g/mol. The molecule has 0 bridgehead atoms. The van der Waals surface area contributed by atoms with E-state index in [-0.39, 0.29) is 12.2 Å². The maximum absolute atomic E-state index is 11.8. The number of ketones is 2. The highest BCUT2D eigenvalue weighted by atomic mass is 16.5. The van der Waals surface area contributed by atoms with Gasteiger partial charge in [-0.15, -0.1) is 0 Å². The second-order valence-electron chi connectivity index (χ2n) is 6.28. The predicted molar refractivity (Wildman–Crippen MR) is 88.6 cm³/mol. The zero-order valence-electron chi connectivity index (χ0n) is 14.4. The molecule has 0 aromatic rings. The van der Waals surface area contributed by atoms with Crippen LogP contribution in [0.4, 0.5) is 0 Å². The number of hydrogen-bond acceptors (Lipinski definition) is 4. The smallest absolute Gasteiger partial charge is 0.231 e. The zero-order valence-corrected chi connectivity index (χ0v) is 14.4. The highest BCUT2D eigenvalue weighted by molar-refractivity contribution is 5.91. The molecular formula is C18H34O4. The van der Waals surface area contributed by atoms with E-state index in [0.717, 1.165) is 57.8 Å². The second-order valence-corrected chi connectivity index (χ2v) is 6.28. The van der Waals surface area contributed by atoms with Gasteiger partial charge in [0.25, 0.3) is 0 Å². The molecule has 0 saturated carbocycles. The summed E-state index contributed by atoms with van der Waals surface area (Å²) in [6.45, 7) is 4.25. The number of carbonyl (C=O) groups is 2. The normalized spacial score (nSPS) is 11.6. The summed E-state index contributed by atoms with van der Waals surface area (Å²) in [5.74, 6) is -3.32. The van der Waals surface area contributed by atoms with Crippen LogP contribution < -0.4 is 0 Å². The van der Waals surface area contributed by atoms with Gasteiger partial charge in [0.1, 0.15) is 5.78 Å². The highest BCUT2D eigenvalue weighted by Crippen LogP contribution is 2.16. The van der Waals surface area contributed by atoms with E-state index in [4.69, 9.17) is 0 Å². The molecule has 0 atom stereocenters. The molecule has 0 spiro atoms. The minimum atomic E-state index is -2.47. The lowest BCUT2D eigenvalue weighted by molar-refractivity contribution is -0.186. The minimum absolute atomic E-state index is 0.139. The topological polar surface area (TPSA) is 74.6 Å². The Hall–Kier alpha value is -0.740. The van der Waals surface area contributed by atoms with Crippen molar-refractivity contribution in [1.29, 1.82) is 0 Å². The zero-order chi connectivity index (χ0) is 16.8. The second kappa shape index (κ2) is 12.8. The Balaban J connectivity index is 3.89. The van der Waals surface area contributed by atoms with Gasteiger partial charge in [-0.05, 0) is 12.8 Å². The molecule has 0 amide bonds. The molecule has 0 unspecified atom stereocenters. The third-order valence-corrected chi connectivity index (χ3v) is 3.96. The number of aliphatic hydroxyl groups is 2. The first-order chi connectivity index (χ1) is 10.4. The van der Waals surface area contributed by atoms with Crippen LogP contribution in [-0.4, -0.2) is 27.6 Å². The van der Waals surface area contributed by atoms with Crippen LogP contribution in [0.25, 0.3) is 0 Å². The molecule has 0 aliphatic heterocycles. The van der Waals surface area contributed by atoms with Gasteiger partial charge in [-0.25, -0.2) is 0 Å². The Kier molecular flexibility index (Phi) is 12.3. The first-order valence-corrected chi connectivity index (χ1v) is 8.93. The summed E-state index contributed by atoms with van der Waals surface area (Å²) in [7, 11) is 0. The third kappa shape index (κ3) is 10.9. The standard InChI is InChI=1S/C18H34O4/c1-3-5-7-9-11-13-16(19)15-18(21,22)17(20)14-12-10-8-6-4-2/h21-22H,3-15H2,1-2H3.